The van der Waals surface area contributed by atoms with Gasteiger partial charge in [-0.3, -0.25) is 0 Å². The third-order valence-corrected chi connectivity index (χ3v) is 8.12. The Hall–Kier alpha value is -4.86. The van der Waals surface area contributed by atoms with E-state index in [-0.39, 0.29) is 0 Å². The Kier molecular flexibility index (Phi) is 12.7. The molecule has 1 aliphatic heterocycles. The number of anilines is 2. The fourth-order valence-corrected chi connectivity index (χ4v) is 5.97. The second kappa shape index (κ2) is 17.5. The third kappa shape index (κ3) is 8.60. The largest absolute Gasteiger partial charge is 0.490 e. The summed E-state index contributed by atoms with van der Waals surface area (Å²) in [7, 11) is 0. The fraction of sp³-hybridized carbons (Fsp3) is 0.436. The zero-order valence-corrected chi connectivity index (χ0v) is 29.8. The molecule has 0 amide bonds. The molecule has 5 rings (SSSR count). The Morgan fingerprint density at radius 1 is 0.449 bits per heavy atom. The van der Waals surface area contributed by atoms with E-state index in [0.29, 0.717) is 74.1 Å². The smallest absolute Gasteiger partial charge is 0.203 e. The molecule has 10 heteroatoms. The summed E-state index contributed by atoms with van der Waals surface area (Å²) >= 11 is 0. The molecule has 4 aromatic rings. The lowest BCUT2D eigenvalue weighted by molar-refractivity contribution is 0.261. The number of nitrogens with zero attached hydrogens (tertiary/aromatic N) is 4. The molecule has 49 heavy (non-hydrogen) atoms. The van der Waals surface area contributed by atoms with Crippen LogP contribution in [0.25, 0.3) is 22.3 Å². The summed E-state index contributed by atoms with van der Waals surface area (Å²) in [5.74, 6) is 5.89. The predicted molar refractivity (Wildman–Crippen MR) is 195 cm³/mol. The van der Waals surface area contributed by atoms with E-state index >= 15 is 0 Å². The minimum absolute atomic E-state index is 0.527. The van der Waals surface area contributed by atoms with E-state index in [9.17, 15) is 0 Å². The molecule has 0 spiro atoms. The summed E-state index contributed by atoms with van der Waals surface area (Å²) in [4.78, 5) is 14.5. The fourth-order valence-electron chi connectivity index (χ4n) is 5.97. The molecule has 0 N–H and O–H groups in total. The Bertz CT molecular complexity index is 1460. The normalized spacial score (nSPS) is 13.1. The molecule has 0 atom stereocenters. The van der Waals surface area contributed by atoms with Crippen LogP contribution >= 0.6 is 0 Å². The van der Waals surface area contributed by atoms with Gasteiger partial charge in [0, 0.05) is 49.7 Å². The van der Waals surface area contributed by atoms with Gasteiger partial charge in [-0.2, -0.15) is 0 Å². The van der Waals surface area contributed by atoms with Crippen molar-refractivity contribution >= 4 is 11.6 Å². The lowest BCUT2D eigenvalue weighted by Crippen LogP contribution is -2.31. The molecule has 10 nitrogen and oxygen atoms in total. The lowest BCUT2D eigenvalue weighted by atomic mass is 10.1. The van der Waals surface area contributed by atoms with Crippen molar-refractivity contribution in [2.24, 2.45) is 0 Å². The molecule has 0 saturated carbocycles. The average molecular weight is 671 g/mol. The van der Waals surface area contributed by atoms with E-state index < -0.39 is 0 Å². The summed E-state index contributed by atoms with van der Waals surface area (Å²) in [6, 6.07) is 16.4. The predicted octanol–water partition coefficient (Wildman–Crippen LogP) is 7.92. The number of hydrogen-bond donors (Lipinski definition) is 0. The Morgan fingerprint density at radius 3 is 1.08 bits per heavy atom. The molecule has 1 fully saturated rings. The topological polar surface area (TPSA) is 87.6 Å². The van der Waals surface area contributed by atoms with Gasteiger partial charge < -0.3 is 38.2 Å². The molecule has 262 valence electrons. The van der Waals surface area contributed by atoms with E-state index in [1.165, 1.54) is 0 Å². The molecular formula is C39H50N4O6. The Balaban J connectivity index is 1.28. The highest BCUT2D eigenvalue weighted by Crippen LogP contribution is 2.43. The second-order valence-electron chi connectivity index (χ2n) is 11.3. The molecule has 2 aromatic carbocycles. The first kappa shape index (κ1) is 35.4. The molecule has 0 bridgehead atoms. The highest BCUT2D eigenvalue weighted by Gasteiger charge is 2.20. The van der Waals surface area contributed by atoms with Gasteiger partial charge in [0.2, 0.25) is 11.5 Å². The van der Waals surface area contributed by atoms with E-state index in [1.54, 1.807) is 0 Å². The minimum atomic E-state index is 0.527. The summed E-state index contributed by atoms with van der Waals surface area (Å²) in [6.45, 7) is 18.5. The van der Waals surface area contributed by atoms with Crippen LogP contribution in [-0.2, 0) is 0 Å². The molecule has 3 heterocycles. The number of rotatable bonds is 16. The van der Waals surface area contributed by atoms with Crippen LogP contribution in [0, 0.1) is 0 Å². The highest BCUT2D eigenvalue weighted by atomic mass is 16.5. The van der Waals surface area contributed by atoms with E-state index in [2.05, 4.69) is 34.1 Å². The molecule has 0 aliphatic carbocycles. The SMILES string of the molecule is CCOc1cc(-c2ccc(N3CCCN(c4ccc(-c5cc(OCC)c(OCC)c(OCC)c5)cn4)CC3)nc2)cc(OCC)c1OCC. The Morgan fingerprint density at radius 2 is 0.796 bits per heavy atom. The van der Waals surface area contributed by atoms with Crippen LogP contribution in [0.3, 0.4) is 0 Å². The monoisotopic (exact) mass is 670 g/mol. The zero-order valence-electron chi connectivity index (χ0n) is 29.8. The summed E-state index contributed by atoms with van der Waals surface area (Å²) in [5.41, 5.74) is 3.92. The van der Waals surface area contributed by atoms with Crippen molar-refractivity contribution in [3.63, 3.8) is 0 Å². The maximum Gasteiger partial charge on any atom is 0.203 e. The number of aromatic nitrogens is 2. The quantitative estimate of drug-likeness (QED) is 0.117. The van der Waals surface area contributed by atoms with Crippen LogP contribution in [0.1, 0.15) is 48.0 Å². The number of pyridine rings is 2. The standard InChI is InChI=1S/C39H50N4O6/c1-7-44-32-22-30(23-33(45-8-2)38(32)48-11-5)28-14-16-36(40-26-28)42-18-13-19-43(21-20-42)37-17-15-29(27-41-37)31-24-34(46-9-3)39(49-12-6)35(25-31)47-10-4/h14-17,22-27H,7-13,18-21H2,1-6H3. The van der Waals surface area contributed by atoms with Gasteiger partial charge in [-0.25, -0.2) is 9.97 Å². The van der Waals surface area contributed by atoms with Gasteiger partial charge in [-0.15, -0.1) is 0 Å². The third-order valence-electron chi connectivity index (χ3n) is 8.12. The minimum Gasteiger partial charge on any atom is -0.490 e. The second-order valence-corrected chi connectivity index (χ2v) is 11.3. The van der Waals surface area contributed by atoms with Crippen molar-refractivity contribution in [1.29, 1.82) is 0 Å². The van der Waals surface area contributed by atoms with Crippen LogP contribution in [0.4, 0.5) is 11.6 Å². The van der Waals surface area contributed by atoms with Crippen LogP contribution in [0.2, 0.25) is 0 Å². The van der Waals surface area contributed by atoms with Crippen molar-refractivity contribution in [1.82, 2.24) is 9.97 Å². The van der Waals surface area contributed by atoms with E-state index in [0.717, 1.165) is 66.5 Å². The van der Waals surface area contributed by atoms with Crippen molar-refractivity contribution in [3.8, 4) is 56.8 Å². The van der Waals surface area contributed by atoms with Crippen molar-refractivity contribution in [2.45, 2.75) is 48.0 Å². The number of hydrogen-bond acceptors (Lipinski definition) is 10. The first-order valence-corrected chi connectivity index (χ1v) is 17.6. The van der Waals surface area contributed by atoms with Gasteiger partial charge in [0.15, 0.2) is 23.0 Å². The van der Waals surface area contributed by atoms with Crippen molar-refractivity contribution < 1.29 is 28.4 Å². The molecule has 2 aromatic heterocycles. The first-order valence-electron chi connectivity index (χ1n) is 17.6. The highest BCUT2D eigenvalue weighted by molar-refractivity contribution is 5.72. The zero-order chi connectivity index (χ0) is 34.6. The number of benzene rings is 2. The first-order chi connectivity index (χ1) is 24.0. The van der Waals surface area contributed by atoms with Gasteiger partial charge in [-0.05, 0) is 108 Å². The van der Waals surface area contributed by atoms with Crippen LogP contribution in [-0.4, -0.2) is 75.8 Å². The molecule has 0 unspecified atom stereocenters. The van der Waals surface area contributed by atoms with Gasteiger partial charge in [0.1, 0.15) is 11.6 Å². The molecular weight excluding hydrogens is 620 g/mol. The van der Waals surface area contributed by atoms with Gasteiger partial charge in [-0.1, -0.05) is 0 Å². The van der Waals surface area contributed by atoms with Crippen LogP contribution in [0.5, 0.6) is 34.5 Å². The Labute approximate surface area is 290 Å². The van der Waals surface area contributed by atoms with Crippen molar-refractivity contribution in [2.75, 3.05) is 75.6 Å². The maximum absolute atomic E-state index is 5.93. The number of ether oxygens (including phenoxy) is 6. The molecule has 1 aliphatic rings. The van der Waals surface area contributed by atoms with Gasteiger partial charge in [0.05, 0.1) is 39.6 Å². The van der Waals surface area contributed by atoms with Crippen molar-refractivity contribution in [3.05, 3.63) is 60.9 Å². The van der Waals surface area contributed by atoms with E-state index in [1.807, 2.05) is 78.2 Å². The molecule has 0 radical (unpaired) electrons. The van der Waals surface area contributed by atoms with Crippen LogP contribution in [0.15, 0.2) is 60.9 Å². The van der Waals surface area contributed by atoms with Gasteiger partial charge >= 0.3 is 0 Å². The summed E-state index contributed by atoms with van der Waals surface area (Å²) in [5, 5.41) is 0. The average Bonchev–Trinajstić information content (AvgIpc) is 3.38. The molecule has 1 saturated heterocycles. The van der Waals surface area contributed by atoms with Crippen LogP contribution < -0.4 is 38.2 Å². The summed E-state index contributed by atoms with van der Waals surface area (Å²) in [6.07, 6.45) is 4.85. The van der Waals surface area contributed by atoms with Gasteiger partial charge in [0.25, 0.3) is 0 Å². The maximum atomic E-state index is 5.93. The van der Waals surface area contributed by atoms with E-state index in [4.69, 9.17) is 38.4 Å². The summed E-state index contributed by atoms with van der Waals surface area (Å²) < 4.78 is 35.5. The lowest BCUT2D eigenvalue weighted by Gasteiger charge is -2.24.